The molecule has 0 radical (unpaired) electrons. The standard InChI is InChI=1S/C18H18N2S/c1-11-7-16(20-8-12(11)2)15-10-19-9-14-13-5-3-4-6-17(13)21-18(14)15/h7-10H,3-6H2,1-2H3. The molecular weight excluding hydrogens is 276 g/mol. The van der Waals surface area contributed by atoms with Crippen LogP contribution in [0.3, 0.4) is 0 Å². The second-order valence-corrected chi connectivity index (χ2v) is 7.03. The van der Waals surface area contributed by atoms with Crippen molar-refractivity contribution in [3.8, 4) is 11.3 Å². The first-order valence-corrected chi connectivity index (χ1v) is 8.37. The lowest BCUT2D eigenvalue weighted by Gasteiger charge is -2.10. The molecule has 1 aliphatic rings. The fourth-order valence-corrected chi connectivity index (χ4v) is 4.51. The molecule has 0 N–H and O–H groups in total. The highest BCUT2D eigenvalue weighted by atomic mass is 32.1. The smallest absolute Gasteiger partial charge is 0.0734 e. The molecule has 3 aromatic rings. The summed E-state index contributed by atoms with van der Waals surface area (Å²) in [5.74, 6) is 0. The van der Waals surface area contributed by atoms with Crippen molar-refractivity contribution in [2.45, 2.75) is 39.5 Å². The van der Waals surface area contributed by atoms with Crippen molar-refractivity contribution in [1.29, 1.82) is 0 Å². The Bertz CT molecular complexity index is 833. The lowest BCUT2D eigenvalue weighted by atomic mass is 9.96. The molecule has 21 heavy (non-hydrogen) atoms. The molecular formula is C18H18N2S. The fraction of sp³-hybridized carbons (Fsp3) is 0.333. The van der Waals surface area contributed by atoms with Crippen LogP contribution in [-0.2, 0) is 12.8 Å². The van der Waals surface area contributed by atoms with E-state index in [4.69, 9.17) is 0 Å². The van der Waals surface area contributed by atoms with Crippen LogP contribution >= 0.6 is 11.3 Å². The van der Waals surface area contributed by atoms with Crippen LogP contribution < -0.4 is 0 Å². The van der Waals surface area contributed by atoms with Crippen LogP contribution in [0.2, 0.25) is 0 Å². The van der Waals surface area contributed by atoms with Crippen LogP contribution in [0.15, 0.2) is 24.7 Å². The number of aryl methyl sites for hydroxylation is 4. The Labute approximate surface area is 128 Å². The third-order valence-electron chi connectivity index (χ3n) is 4.51. The number of nitrogens with zero attached hydrogens (tertiary/aromatic N) is 2. The predicted octanol–water partition coefficient (Wildman–Crippen LogP) is 4.85. The molecule has 3 aromatic heterocycles. The maximum absolute atomic E-state index is 4.63. The lowest BCUT2D eigenvalue weighted by Crippen LogP contribution is -1.97. The van der Waals surface area contributed by atoms with Gasteiger partial charge in [-0.3, -0.25) is 9.97 Å². The Balaban J connectivity index is 1.96. The molecule has 0 amide bonds. The SMILES string of the molecule is Cc1cnc(-c2cncc3c4c(sc23)CCCC4)cc1C. The van der Waals surface area contributed by atoms with E-state index in [2.05, 4.69) is 29.9 Å². The molecule has 0 aromatic carbocycles. The molecule has 2 nitrogen and oxygen atoms in total. The summed E-state index contributed by atoms with van der Waals surface area (Å²) >= 11 is 1.95. The Morgan fingerprint density at radius 1 is 1.00 bits per heavy atom. The summed E-state index contributed by atoms with van der Waals surface area (Å²) < 4.78 is 1.37. The van der Waals surface area contributed by atoms with E-state index in [1.807, 2.05) is 29.9 Å². The Morgan fingerprint density at radius 2 is 1.86 bits per heavy atom. The van der Waals surface area contributed by atoms with Crippen molar-refractivity contribution in [2.24, 2.45) is 0 Å². The maximum Gasteiger partial charge on any atom is 0.0734 e. The summed E-state index contributed by atoms with van der Waals surface area (Å²) in [5, 5.41) is 1.35. The average Bonchev–Trinajstić information content (AvgIpc) is 2.89. The summed E-state index contributed by atoms with van der Waals surface area (Å²) in [7, 11) is 0. The summed E-state index contributed by atoms with van der Waals surface area (Å²) in [6.45, 7) is 4.25. The molecule has 0 unspecified atom stereocenters. The van der Waals surface area contributed by atoms with Gasteiger partial charge in [-0.1, -0.05) is 0 Å². The van der Waals surface area contributed by atoms with Crippen molar-refractivity contribution in [3.63, 3.8) is 0 Å². The van der Waals surface area contributed by atoms with Gasteiger partial charge >= 0.3 is 0 Å². The minimum Gasteiger partial charge on any atom is -0.263 e. The number of thiophene rings is 1. The minimum absolute atomic E-state index is 1.05. The second-order valence-electron chi connectivity index (χ2n) is 5.93. The Hall–Kier alpha value is -1.74. The molecule has 3 heterocycles. The molecule has 0 bridgehead atoms. The van der Waals surface area contributed by atoms with Gasteiger partial charge in [0, 0.05) is 39.1 Å². The molecule has 106 valence electrons. The van der Waals surface area contributed by atoms with Crippen LogP contribution in [-0.4, -0.2) is 9.97 Å². The zero-order valence-electron chi connectivity index (χ0n) is 12.4. The van der Waals surface area contributed by atoms with Crippen molar-refractivity contribution in [3.05, 3.63) is 46.2 Å². The molecule has 3 heteroatoms. The van der Waals surface area contributed by atoms with Gasteiger partial charge in [0.15, 0.2) is 0 Å². The van der Waals surface area contributed by atoms with Crippen molar-refractivity contribution in [2.75, 3.05) is 0 Å². The third-order valence-corrected chi connectivity index (χ3v) is 5.85. The van der Waals surface area contributed by atoms with Gasteiger partial charge in [0.25, 0.3) is 0 Å². The van der Waals surface area contributed by atoms with Gasteiger partial charge in [-0.15, -0.1) is 11.3 Å². The van der Waals surface area contributed by atoms with Gasteiger partial charge in [0.2, 0.25) is 0 Å². The van der Waals surface area contributed by atoms with E-state index in [0.717, 1.165) is 5.69 Å². The highest BCUT2D eigenvalue weighted by Gasteiger charge is 2.18. The molecule has 0 saturated heterocycles. The first-order chi connectivity index (χ1) is 10.2. The van der Waals surface area contributed by atoms with Gasteiger partial charge < -0.3 is 0 Å². The van der Waals surface area contributed by atoms with E-state index in [0.29, 0.717) is 0 Å². The van der Waals surface area contributed by atoms with E-state index in [9.17, 15) is 0 Å². The maximum atomic E-state index is 4.63. The van der Waals surface area contributed by atoms with Crippen LogP contribution in [0.5, 0.6) is 0 Å². The van der Waals surface area contributed by atoms with Gasteiger partial charge in [0.1, 0.15) is 0 Å². The summed E-state index contributed by atoms with van der Waals surface area (Å²) in [4.78, 5) is 10.7. The van der Waals surface area contributed by atoms with E-state index in [1.54, 1.807) is 10.4 Å². The first kappa shape index (κ1) is 13.0. The van der Waals surface area contributed by atoms with Gasteiger partial charge in [-0.2, -0.15) is 0 Å². The highest BCUT2D eigenvalue weighted by molar-refractivity contribution is 7.19. The molecule has 0 aliphatic heterocycles. The zero-order valence-corrected chi connectivity index (χ0v) is 13.3. The van der Waals surface area contributed by atoms with Crippen LogP contribution in [0.1, 0.15) is 34.4 Å². The number of pyridine rings is 2. The molecule has 1 aliphatic carbocycles. The molecule has 0 fully saturated rings. The minimum atomic E-state index is 1.05. The predicted molar refractivity (Wildman–Crippen MR) is 89.0 cm³/mol. The van der Waals surface area contributed by atoms with E-state index < -0.39 is 0 Å². The average molecular weight is 294 g/mol. The largest absolute Gasteiger partial charge is 0.263 e. The van der Waals surface area contributed by atoms with Crippen LogP contribution in [0.25, 0.3) is 21.3 Å². The first-order valence-electron chi connectivity index (χ1n) is 7.56. The number of fused-ring (bicyclic) bond motifs is 3. The number of hydrogen-bond donors (Lipinski definition) is 0. The lowest BCUT2D eigenvalue weighted by molar-refractivity contribution is 0.700. The van der Waals surface area contributed by atoms with E-state index >= 15 is 0 Å². The number of hydrogen-bond acceptors (Lipinski definition) is 3. The quantitative estimate of drug-likeness (QED) is 0.641. The fourth-order valence-electron chi connectivity index (χ4n) is 3.13. The topological polar surface area (TPSA) is 25.8 Å². The third kappa shape index (κ3) is 2.07. The van der Waals surface area contributed by atoms with Gasteiger partial charge in [0.05, 0.1) is 5.69 Å². The van der Waals surface area contributed by atoms with Crippen LogP contribution in [0.4, 0.5) is 0 Å². The Kier molecular flexibility index (Phi) is 3.03. The van der Waals surface area contributed by atoms with Crippen molar-refractivity contribution >= 4 is 21.4 Å². The second kappa shape index (κ2) is 4.92. The molecule has 4 rings (SSSR count). The molecule has 0 spiro atoms. The van der Waals surface area contributed by atoms with Crippen LogP contribution in [0, 0.1) is 13.8 Å². The van der Waals surface area contributed by atoms with Gasteiger partial charge in [-0.25, -0.2) is 0 Å². The summed E-state index contributed by atoms with van der Waals surface area (Å²) in [6, 6.07) is 2.19. The Morgan fingerprint density at radius 3 is 2.71 bits per heavy atom. The highest BCUT2D eigenvalue weighted by Crippen LogP contribution is 2.40. The normalized spacial score (nSPS) is 14.4. The van der Waals surface area contributed by atoms with E-state index in [1.165, 1.54) is 52.5 Å². The van der Waals surface area contributed by atoms with Crippen molar-refractivity contribution in [1.82, 2.24) is 9.97 Å². The molecule has 0 saturated carbocycles. The summed E-state index contributed by atoms with van der Waals surface area (Å²) in [6.07, 6.45) is 11.1. The van der Waals surface area contributed by atoms with Gasteiger partial charge in [-0.05, 0) is 62.3 Å². The number of rotatable bonds is 1. The van der Waals surface area contributed by atoms with E-state index in [-0.39, 0.29) is 0 Å². The number of aromatic nitrogens is 2. The van der Waals surface area contributed by atoms with Crippen molar-refractivity contribution < 1.29 is 0 Å². The molecule has 0 atom stereocenters. The summed E-state index contributed by atoms with van der Waals surface area (Å²) in [5.41, 5.74) is 6.31. The monoisotopic (exact) mass is 294 g/mol. The zero-order chi connectivity index (χ0) is 14.4.